The second-order valence-corrected chi connectivity index (χ2v) is 11.5. The van der Waals surface area contributed by atoms with Crippen LogP contribution in [0, 0.1) is 0 Å². The molecule has 1 aliphatic heterocycles. The van der Waals surface area contributed by atoms with Crippen LogP contribution in [0.2, 0.25) is 13.1 Å². The SMILES string of the molecule is CC(C)(C)N1c2ccccc2[Si](C)(C)c2ccccc21. The van der Waals surface area contributed by atoms with E-state index in [4.69, 9.17) is 0 Å². The van der Waals surface area contributed by atoms with Gasteiger partial charge in [0, 0.05) is 16.9 Å². The molecule has 0 spiro atoms. The van der Waals surface area contributed by atoms with Crippen molar-refractivity contribution < 1.29 is 0 Å². The Labute approximate surface area is 123 Å². The molecular formula is C18H23NSi. The number of rotatable bonds is 0. The molecule has 0 atom stereocenters. The number of anilines is 2. The molecule has 0 saturated carbocycles. The first-order chi connectivity index (χ1) is 9.33. The van der Waals surface area contributed by atoms with Crippen molar-refractivity contribution in [2.45, 2.75) is 39.4 Å². The maximum atomic E-state index is 2.51. The van der Waals surface area contributed by atoms with Gasteiger partial charge in [0.1, 0.15) is 8.07 Å². The lowest BCUT2D eigenvalue weighted by atomic mass is 10.0. The van der Waals surface area contributed by atoms with Gasteiger partial charge in [-0.3, -0.25) is 0 Å². The molecule has 0 bridgehead atoms. The van der Waals surface area contributed by atoms with Crippen LogP contribution in [0.15, 0.2) is 48.5 Å². The number of fused-ring (bicyclic) bond motifs is 2. The van der Waals surface area contributed by atoms with Gasteiger partial charge >= 0.3 is 0 Å². The zero-order chi connectivity index (χ0) is 14.5. The highest BCUT2D eigenvalue weighted by Gasteiger charge is 2.40. The van der Waals surface area contributed by atoms with Gasteiger partial charge in [-0.15, -0.1) is 0 Å². The van der Waals surface area contributed by atoms with E-state index in [2.05, 4.69) is 87.3 Å². The van der Waals surface area contributed by atoms with E-state index < -0.39 is 8.07 Å². The van der Waals surface area contributed by atoms with Crippen molar-refractivity contribution >= 4 is 29.8 Å². The lowest BCUT2D eigenvalue weighted by Crippen LogP contribution is -2.61. The number of hydrogen-bond donors (Lipinski definition) is 0. The van der Waals surface area contributed by atoms with Gasteiger partial charge in [-0.2, -0.15) is 0 Å². The molecular weight excluding hydrogens is 258 g/mol. The van der Waals surface area contributed by atoms with Crippen LogP contribution in [0.3, 0.4) is 0 Å². The monoisotopic (exact) mass is 281 g/mol. The predicted octanol–water partition coefficient (Wildman–Crippen LogP) is 3.76. The van der Waals surface area contributed by atoms with Crippen molar-refractivity contribution in [3.63, 3.8) is 0 Å². The number of nitrogens with zero attached hydrogens (tertiary/aromatic N) is 1. The first kappa shape index (κ1) is 13.4. The Morgan fingerprint density at radius 3 is 1.55 bits per heavy atom. The first-order valence-corrected chi connectivity index (χ1v) is 10.3. The molecule has 2 aromatic carbocycles. The fraction of sp³-hybridized carbons (Fsp3) is 0.333. The Kier molecular flexibility index (Phi) is 2.84. The van der Waals surface area contributed by atoms with Crippen LogP contribution in [-0.4, -0.2) is 13.6 Å². The largest absolute Gasteiger partial charge is 0.336 e. The van der Waals surface area contributed by atoms with Crippen LogP contribution in [0.4, 0.5) is 11.4 Å². The molecule has 0 saturated heterocycles. The summed E-state index contributed by atoms with van der Waals surface area (Å²) < 4.78 is 0. The lowest BCUT2D eigenvalue weighted by molar-refractivity contribution is 0.561. The van der Waals surface area contributed by atoms with E-state index in [1.54, 1.807) is 10.4 Å². The highest BCUT2D eigenvalue weighted by molar-refractivity contribution is 7.02. The minimum atomic E-state index is -1.59. The summed E-state index contributed by atoms with van der Waals surface area (Å²) in [5.74, 6) is 0. The molecule has 104 valence electrons. The first-order valence-electron chi connectivity index (χ1n) is 7.33. The van der Waals surface area contributed by atoms with E-state index in [1.165, 1.54) is 11.4 Å². The third-order valence-corrected chi connectivity index (χ3v) is 7.85. The minimum Gasteiger partial charge on any atom is -0.336 e. The summed E-state index contributed by atoms with van der Waals surface area (Å²) in [6, 6.07) is 17.9. The Balaban J connectivity index is 2.36. The summed E-state index contributed by atoms with van der Waals surface area (Å²) in [5, 5.41) is 3.10. The van der Waals surface area contributed by atoms with Gasteiger partial charge in [0.2, 0.25) is 0 Å². The van der Waals surface area contributed by atoms with E-state index in [1.807, 2.05) is 0 Å². The Hall–Kier alpha value is -1.54. The van der Waals surface area contributed by atoms with E-state index in [9.17, 15) is 0 Å². The van der Waals surface area contributed by atoms with Gasteiger partial charge in [-0.05, 0) is 43.3 Å². The van der Waals surface area contributed by atoms with Crippen LogP contribution in [-0.2, 0) is 0 Å². The maximum Gasteiger partial charge on any atom is 0.117 e. The van der Waals surface area contributed by atoms with Gasteiger partial charge in [0.15, 0.2) is 0 Å². The summed E-state index contributed by atoms with van der Waals surface area (Å²) >= 11 is 0. The highest BCUT2D eigenvalue weighted by Crippen LogP contribution is 2.36. The van der Waals surface area contributed by atoms with E-state index in [0.717, 1.165) is 0 Å². The van der Waals surface area contributed by atoms with E-state index in [-0.39, 0.29) is 5.54 Å². The van der Waals surface area contributed by atoms with Crippen molar-refractivity contribution in [2.75, 3.05) is 4.90 Å². The van der Waals surface area contributed by atoms with Crippen LogP contribution in [0.1, 0.15) is 20.8 Å². The summed E-state index contributed by atoms with van der Waals surface area (Å²) in [7, 11) is -1.59. The quantitative estimate of drug-likeness (QED) is 0.665. The summed E-state index contributed by atoms with van der Waals surface area (Å²) in [6.45, 7) is 11.8. The van der Waals surface area contributed by atoms with Crippen molar-refractivity contribution in [2.24, 2.45) is 0 Å². The number of hydrogen-bond acceptors (Lipinski definition) is 1. The molecule has 0 radical (unpaired) electrons. The molecule has 1 nitrogen and oxygen atoms in total. The van der Waals surface area contributed by atoms with Crippen LogP contribution >= 0.6 is 0 Å². The fourth-order valence-electron chi connectivity index (χ4n) is 3.39. The molecule has 2 aromatic rings. The summed E-state index contributed by atoms with van der Waals surface area (Å²) in [4.78, 5) is 2.51. The summed E-state index contributed by atoms with van der Waals surface area (Å²) in [6.07, 6.45) is 0. The third-order valence-electron chi connectivity index (χ3n) is 4.31. The predicted molar refractivity (Wildman–Crippen MR) is 91.5 cm³/mol. The fourth-order valence-corrected chi connectivity index (χ4v) is 6.38. The van der Waals surface area contributed by atoms with Crippen LogP contribution in [0.25, 0.3) is 0 Å². The molecule has 0 fully saturated rings. The normalized spacial score (nSPS) is 16.6. The molecule has 0 N–H and O–H groups in total. The minimum absolute atomic E-state index is 0.0805. The van der Waals surface area contributed by atoms with Crippen molar-refractivity contribution in [3.8, 4) is 0 Å². The maximum absolute atomic E-state index is 2.51. The topological polar surface area (TPSA) is 3.24 Å². The van der Waals surface area contributed by atoms with Crippen molar-refractivity contribution in [1.29, 1.82) is 0 Å². The molecule has 1 aliphatic rings. The average molecular weight is 281 g/mol. The second-order valence-electron chi connectivity index (χ2n) is 7.17. The standard InChI is InChI=1S/C18H23NSi/c1-18(2,3)19-14-10-6-8-12-16(14)20(4,5)17-13-9-7-11-15(17)19/h6-13H,1-5H3. The lowest BCUT2D eigenvalue weighted by Gasteiger charge is -2.47. The van der Waals surface area contributed by atoms with E-state index >= 15 is 0 Å². The zero-order valence-electron chi connectivity index (χ0n) is 13.1. The van der Waals surface area contributed by atoms with Gasteiger partial charge in [-0.1, -0.05) is 49.5 Å². The second kappa shape index (κ2) is 4.22. The van der Waals surface area contributed by atoms with Crippen LogP contribution < -0.4 is 15.3 Å². The highest BCUT2D eigenvalue weighted by atomic mass is 28.3. The van der Waals surface area contributed by atoms with Gasteiger partial charge in [0.25, 0.3) is 0 Å². The average Bonchev–Trinajstić information content (AvgIpc) is 2.38. The van der Waals surface area contributed by atoms with Crippen molar-refractivity contribution in [1.82, 2.24) is 0 Å². The molecule has 0 amide bonds. The van der Waals surface area contributed by atoms with Gasteiger partial charge < -0.3 is 4.90 Å². The molecule has 20 heavy (non-hydrogen) atoms. The molecule has 0 aromatic heterocycles. The molecule has 0 unspecified atom stereocenters. The van der Waals surface area contributed by atoms with Crippen LogP contribution in [0.5, 0.6) is 0 Å². The molecule has 2 heteroatoms. The Morgan fingerprint density at radius 1 is 0.750 bits per heavy atom. The molecule has 1 heterocycles. The molecule has 0 aliphatic carbocycles. The smallest absolute Gasteiger partial charge is 0.117 e. The number of benzene rings is 2. The Morgan fingerprint density at radius 2 is 1.15 bits per heavy atom. The van der Waals surface area contributed by atoms with Gasteiger partial charge in [-0.25, -0.2) is 0 Å². The van der Waals surface area contributed by atoms with E-state index in [0.29, 0.717) is 0 Å². The van der Waals surface area contributed by atoms with Crippen molar-refractivity contribution in [3.05, 3.63) is 48.5 Å². The van der Waals surface area contributed by atoms with Gasteiger partial charge in [0.05, 0.1) is 0 Å². The number of para-hydroxylation sites is 2. The summed E-state index contributed by atoms with van der Waals surface area (Å²) in [5.41, 5.74) is 2.88. The third kappa shape index (κ3) is 1.82. The molecule has 3 rings (SSSR count). The zero-order valence-corrected chi connectivity index (χ0v) is 14.1. The Bertz CT molecular complexity index is 603.